The van der Waals surface area contributed by atoms with Gasteiger partial charge < -0.3 is 15.5 Å². The van der Waals surface area contributed by atoms with Crippen LogP contribution in [0.15, 0.2) is 48.5 Å². The summed E-state index contributed by atoms with van der Waals surface area (Å²) < 4.78 is 0. The maximum absolute atomic E-state index is 12.4. The lowest BCUT2D eigenvalue weighted by molar-refractivity contribution is -0.116. The second kappa shape index (κ2) is 5.48. The molecule has 4 nitrogen and oxygen atoms in total. The van der Waals surface area contributed by atoms with E-state index in [4.69, 9.17) is 0 Å². The number of amides is 1. The van der Waals surface area contributed by atoms with E-state index in [1.807, 2.05) is 61.5 Å². The van der Waals surface area contributed by atoms with Gasteiger partial charge in [0, 0.05) is 37.6 Å². The van der Waals surface area contributed by atoms with Crippen LogP contribution in [0.25, 0.3) is 0 Å². The summed E-state index contributed by atoms with van der Waals surface area (Å²) in [6, 6.07) is 15.7. The summed E-state index contributed by atoms with van der Waals surface area (Å²) in [6.07, 6.45) is 0.732. The molecule has 0 aliphatic carbocycles. The number of carbonyl (C=O) groups is 1. The van der Waals surface area contributed by atoms with Crippen molar-refractivity contribution in [3.8, 4) is 0 Å². The summed E-state index contributed by atoms with van der Waals surface area (Å²) >= 11 is 0. The predicted molar refractivity (Wildman–Crippen MR) is 87.0 cm³/mol. The molecule has 0 saturated heterocycles. The molecule has 1 heterocycles. The molecule has 108 valence electrons. The van der Waals surface area contributed by atoms with Crippen LogP contribution in [-0.2, 0) is 11.2 Å². The van der Waals surface area contributed by atoms with Crippen LogP contribution < -0.4 is 15.5 Å². The summed E-state index contributed by atoms with van der Waals surface area (Å²) in [4.78, 5) is 14.4. The van der Waals surface area contributed by atoms with Gasteiger partial charge in [0.2, 0.25) is 5.91 Å². The predicted octanol–water partition coefficient (Wildman–Crippen LogP) is 2.73. The van der Waals surface area contributed by atoms with Crippen LogP contribution in [0.2, 0.25) is 0 Å². The van der Waals surface area contributed by atoms with Gasteiger partial charge in [-0.25, -0.2) is 0 Å². The number of nitrogens with one attached hydrogen (secondary N) is 2. The summed E-state index contributed by atoms with van der Waals surface area (Å²) in [5, 5.41) is 6.26. The fraction of sp³-hybridized carbons (Fsp3) is 0.235. The molecule has 2 aromatic carbocycles. The van der Waals surface area contributed by atoms with E-state index < -0.39 is 0 Å². The fourth-order valence-electron chi connectivity index (χ4n) is 2.55. The van der Waals surface area contributed by atoms with Crippen molar-refractivity contribution in [2.75, 3.05) is 29.6 Å². The normalized spacial score (nSPS) is 16.0. The average molecular weight is 281 g/mol. The quantitative estimate of drug-likeness (QED) is 0.909. The molecule has 1 aliphatic heterocycles. The van der Waals surface area contributed by atoms with Gasteiger partial charge in [-0.3, -0.25) is 4.79 Å². The Morgan fingerprint density at radius 1 is 1.19 bits per heavy atom. The highest BCUT2D eigenvalue weighted by atomic mass is 16.2. The number of carbonyl (C=O) groups excluding carboxylic acids is 1. The first kappa shape index (κ1) is 13.5. The standard InChI is InChI=1S/C17H19N3O/c1-20(2)14-8-5-7-13(11-14)18-17(21)16-10-12-6-3-4-9-15(12)19-16/h3-9,11,16,19H,10H2,1-2H3,(H,18,21)/t16-/m0/s1. The lowest BCUT2D eigenvalue weighted by atomic mass is 10.1. The lowest BCUT2D eigenvalue weighted by Gasteiger charge is -2.15. The molecule has 1 aliphatic rings. The van der Waals surface area contributed by atoms with Crippen LogP contribution in [0, 0.1) is 0 Å². The number of hydrogen-bond acceptors (Lipinski definition) is 3. The van der Waals surface area contributed by atoms with Crippen LogP contribution in [0.3, 0.4) is 0 Å². The molecule has 0 bridgehead atoms. The van der Waals surface area contributed by atoms with Gasteiger partial charge >= 0.3 is 0 Å². The van der Waals surface area contributed by atoms with E-state index >= 15 is 0 Å². The average Bonchev–Trinajstić information content (AvgIpc) is 2.91. The molecule has 0 unspecified atom stereocenters. The zero-order chi connectivity index (χ0) is 14.8. The molecule has 0 radical (unpaired) electrons. The maximum Gasteiger partial charge on any atom is 0.247 e. The fourth-order valence-corrected chi connectivity index (χ4v) is 2.55. The highest BCUT2D eigenvalue weighted by Gasteiger charge is 2.26. The van der Waals surface area contributed by atoms with Crippen molar-refractivity contribution in [2.45, 2.75) is 12.5 Å². The Kier molecular flexibility index (Phi) is 3.52. The SMILES string of the molecule is CN(C)c1cccc(NC(=O)[C@@H]2Cc3ccccc3N2)c1. The number of para-hydroxylation sites is 1. The Labute approximate surface area is 124 Å². The molecule has 4 heteroatoms. The first-order chi connectivity index (χ1) is 10.1. The smallest absolute Gasteiger partial charge is 0.247 e. The third-order valence-electron chi connectivity index (χ3n) is 3.72. The van der Waals surface area contributed by atoms with Crippen LogP contribution in [0.1, 0.15) is 5.56 Å². The Morgan fingerprint density at radius 3 is 2.76 bits per heavy atom. The van der Waals surface area contributed by atoms with E-state index in [1.54, 1.807) is 0 Å². The zero-order valence-corrected chi connectivity index (χ0v) is 12.3. The van der Waals surface area contributed by atoms with Crippen molar-refractivity contribution in [3.05, 3.63) is 54.1 Å². The molecular weight excluding hydrogens is 262 g/mol. The second-order valence-electron chi connectivity index (χ2n) is 5.49. The summed E-state index contributed by atoms with van der Waals surface area (Å²) in [5.74, 6) is 0.00195. The van der Waals surface area contributed by atoms with Crippen LogP contribution in [0.5, 0.6) is 0 Å². The van der Waals surface area contributed by atoms with Crippen LogP contribution >= 0.6 is 0 Å². The largest absolute Gasteiger partial charge is 0.378 e. The minimum absolute atomic E-state index is 0.00195. The number of fused-ring (bicyclic) bond motifs is 1. The Bertz CT molecular complexity index is 642. The van der Waals surface area contributed by atoms with E-state index in [1.165, 1.54) is 5.56 Å². The third-order valence-corrected chi connectivity index (χ3v) is 3.72. The molecule has 0 fully saturated rings. The van der Waals surface area contributed by atoms with Gasteiger partial charge in [0.15, 0.2) is 0 Å². The van der Waals surface area contributed by atoms with Crippen molar-refractivity contribution in [1.82, 2.24) is 0 Å². The number of hydrogen-bond donors (Lipinski definition) is 2. The summed E-state index contributed by atoms with van der Waals surface area (Å²) in [7, 11) is 3.96. The first-order valence-electron chi connectivity index (χ1n) is 7.06. The summed E-state index contributed by atoms with van der Waals surface area (Å²) in [6.45, 7) is 0. The molecular formula is C17H19N3O. The third kappa shape index (κ3) is 2.84. The van der Waals surface area contributed by atoms with Gasteiger partial charge in [0.05, 0.1) is 0 Å². The molecule has 21 heavy (non-hydrogen) atoms. The number of rotatable bonds is 3. The second-order valence-corrected chi connectivity index (χ2v) is 5.49. The topological polar surface area (TPSA) is 44.4 Å². The molecule has 2 aromatic rings. The maximum atomic E-state index is 12.4. The van der Waals surface area contributed by atoms with Crippen molar-refractivity contribution in [3.63, 3.8) is 0 Å². The molecule has 1 atom stereocenters. The minimum atomic E-state index is -0.203. The molecule has 0 spiro atoms. The van der Waals surface area contributed by atoms with E-state index in [-0.39, 0.29) is 11.9 Å². The van der Waals surface area contributed by atoms with Gasteiger partial charge in [-0.05, 0) is 29.8 Å². The van der Waals surface area contributed by atoms with Gasteiger partial charge in [0.25, 0.3) is 0 Å². The lowest BCUT2D eigenvalue weighted by Crippen LogP contribution is -2.32. The van der Waals surface area contributed by atoms with Gasteiger partial charge in [-0.1, -0.05) is 24.3 Å². The minimum Gasteiger partial charge on any atom is -0.378 e. The van der Waals surface area contributed by atoms with E-state index in [2.05, 4.69) is 16.7 Å². The van der Waals surface area contributed by atoms with Crippen molar-refractivity contribution in [2.24, 2.45) is 0 Å². The highest BCUT2D eigenvalue weighted by Crippen LogP contribution is 2.26. The number of benzene rings is 2. The van der Waals surface area contributed by atoms with Crippen molar-refractivity contribution < 1.29 is 4.79 Å². The Balaban J connectivity index is 1.69. The monoisotopic (exact) mass is 281 g/mol. The first-order valence-corrected chi connectivity index (χ1v) is 7.06. The van der Waals surface area contributed by atoms with E-state index in [0.29, 0.717) is 0 Å². The van der Waals surface area contributed by atoms with Gasteiger partial charge in [-0.2, -0.15) is 0 Å². The van der Waals surface area contributed by atoms with Crippen molar-refractivity contribution >= 4 is 23.0 Å². The molecule has 3 rings (SSSR count). The Morgan fingerprint density at radius 2 is 2.00 bits per heavy atom. The van der Waals surface area contributed by atoms with Crippen LogP contribution in [0.4, 0.5) is 17.1 Å². The molecule has 2 N–H and O–H groups in total. The zero-order valence-electron chi connectivity index (χ0n) is 12.3. The van der Waals surface area contributed by atoms with Crippen molar-refractivity contribution in [1.29, 1.82) is 0 Å². The molecule has 0 saturated carbocycles. The summed E-state index contributed by atoms with van der Waals surface area (Å²) in [5.41, 5.74) is 4.14. The van der Waals surface area contributed by atoms with Gasteiger partial charge in [0.1, 0.15) is 6.04 Å². The highest BCUT2D eigenvalue weighted by molar-refractivity contribution is 5.98. The number of anilines is 3. The molecule has 1 amide bonds. The molecule has 0 aromatic heterocycles. The number of nitrogens with zero attached hydrogens (tertiary/aromatic N) is 1. The Hall–Kier alpha value is -2.49. The van der Waals surface area contributed by atoms with E-state index in [0.717, 1.165) is 23.5 Å². The van der Waals surface area contributed by atoms with E-state index in [9.17, 15) is 4.79 Å². The van der Waals surface area contributed by atoms with Gasteiger partial charge in [-0.15, -0.1) is 0 Å². The van der Waals surface area contributed by atoms with Crippen LogP contribution in [-0.4, -0.2) is 26.0 Å².